The Hall–Kier alpha value is -3.55. The summed E-state index contributed by atoms with van der Waals surface area (Å²) in [5, 5.41) is 8.55. The van der Waals surface area contributed by atoms with Gasteiger partial charge in [-0.3, -0.25) is 0 Å². The van der Waals surface area contributed by atoms with Crippen LogP contribution in [0.3, 0.4) is 0 Å². The largest absolute Gasteiger partial charge is 0.478 e. The van der Waals surface area contributed by atoms with Crippen LogP contribution >= 0.6 is 11.3 Å². The van der Waals surface area contributed by atoms with Gasteiger partial charge in [0.25, 0.3) is 0 Å². The molecule has 7 heteroatoms. The van der Waals surface area contributed by atoms with Crippen LogP contribution in [0.4, 0.5) is 0 Å². The quantitative estimate of drug-likeness (QED) is 0.353. The van der Waals surface area contributed by atoms with E-state index >= 15 is 0 Å². The molecule has 0 bridgehead atoms. The Labute approximate surface area is 207 Å². The molecular weight excluding hydrogens is 478 g/mol. The first-order valence-electron chi connectivity index (χ1n) is 11.4. The van der Waals surface area contributed by atoms with Crippen LogP contribution in [-0.2, 0) is 14.6 Å². The number of carboxylic acid groups (broad SMARTS) is 1. The van der Waals surface area contributed by atoms with Crippen molar-refractivity contribution in [2.24, 2.45) is 5.92 Å². The fraction of sp³-hybridized carbons (Fsp3) is 0.143. The second-order valence-corrected chi connectivity index (χ2v) is 11.9. The van der Waals surface area contributed by atoms with Crippen molar-refractivity contribution in [2.45, 2.75) is 23.0 Å². The highest BCUT2D eigenvalue weighted by Crippen LogP contribution is 2.54. The van der Waals surface area contributed by atoms with Crippen LogP contribution in [-0.4, -0.2) is 29.7 Å². The molecule has 1 aromatic heterocycles. The molecule has 5 nitrogen and oxygen atoms in total. The summed E-state index contributed by atoms with van der Waals surface area (Å²) in [6.45, 7) is 0. The minimum absolute atomic E-state index is 0.0670. The first kappa shape index (κ1) is 21.9. The maximum Gasteiger partial charge on any atom is 0.328 e. The van der Waals surface area contributed by atoms with E-state index in [9.17, 15) is 13.2 Å². The normalized spacial score (nSPS) is 21.8. The lowest BCUT2D eigenvalue weighted by Gasteiger charge is -2.43. The monoisotopic (exact) mass is 499 g/mol. The summed E-state index contributed by atoms with van der Waals surface area (Å²) >= 11 is 1.59. The first-order chi connectivity index (χ1) is 16.9. The molecule has 0 saturated heterocycles. The number of rotatable bonds is 4. The second kappa shape index (κ2) is 8.29. The summed E-state index contributed by atoms with van der Waals surface area (Å²) in [6, 6.07) is 21.3. The van der Waals surface area contributed by atoms with Crippen LogP contribution in [0.2, 0.25) is 0 Å². The maximum absolute atomic E-state index is 13.3. The van der Waals surface area contributed by atoms with E-state index in [0.717, 1.165) is 56.1 Å². The number of carbonyl (C=O) groups is 1. The van der Waals surface area contributed by atoms with Crippen LogP contribution in [0.1, 0.15) is 35.1 Å². The van der Waals surface area contributed by atoms with Crippen molar-refractivity contribution in [2.75, 3.05) is 0 Å². The van der Waals surface area contributed by atoms with Crippen molar-refractivity contribution < 1.29 is 18.3 Å². The third-order valence-corrected chi connectivity index (χ3v) is 10.1. The van der Waals surface area contributed by atoms with Crippen LogP contribution in [0.25, 0.3) is 27.4 Å². The molecule has 1 aliphatic heterocycles. The molecule has 6 rings (SSSR count). The topological polar surface area (TPSA) is 84.3 Å². The SMILES string of the molecule is O=C(O)/C=C/c1ccc(/C(=C2\c3ccccc3S(=O)(=O)C3CCC23)c2ccc3scnc3c2)cc1. The van der Waals surface area contributed by atoms with Crippen LogP contribution in [0.5, 0.6) is 0 Å². The average molecular weight is 500 g/mol. The number of aliphatic carboxylic acids is 1. The Morgan fingerprint density at radius 3 is 2.51 bits per heavy atom. The number of carboxylic acids is 1. The summed E-state index contributed by atoms with van der Waals surface area (Å²) in [5.41, 5.74) is 8.32. The van der Waals surface area contributed by atoms with E-state index in [2.05, 4.69) is 23.2 Å². The third-order valence-electron chi connectivity index (χ3n) is 6.97. The molecule has 1 N–H and O–H groups in total. The first-order valence-corrected chi connectivity index (χ1v) is 13.8. The number of aromatic nitrogens is 1. The third kappa shape index (κ3) is 3.63. The molecule has 1 saturated carbocycles. The summed E-state index contributed by atoms with van der Waals surface area (Å²) in [7, 11) is -3.37. The summed E-state index contributed by atoms with van der Waals surface area (Å²) in [4.78, 5) is 15.8. The van der Waals surface area contributed by atoms with Gasteiger partial charge in [0, 0.05) is 12.0 Å². The molecule has 35 heavy (non-hydrogen) atoms. The van der Waals surface area contributed by atoms with Crippen molar-refractivity contribution >= 4 is 54.6 Å². The predicted octanol–water partition coefficient (Wildman–Crippen LogP) is 5.92. The fourth-order valence-electron chi connectivity index (χ4n) is 5.21. The van der Waals surface area contributed by atoms with Crippen molar-refractivity contribution in [3.05, 3.63) is 101 Å². The number of allylic oxidation sites excluding steroid dienone is 1. The van der Waals surface area contributed by atoms with E-state index in [1.807, 2.05) is 41.9 Å². The van der Waals surface area contributed by atoms with Gasteiger partial charge < -0.3 is 5.11 Å². The number of thiazole rings is 1. The average Bonchev–Trinajstić information content (AvgIpc) is 3.29. The molecule has 3 aromatic carbocycles. The molecule has 2 heterocycles. The summed E-state index contributed by atoms with van der Waals surface area (Å²) in [5.74, 6) is -1.06. The zero-order valence-corrected chi connectivity index (χ0v) is 20.2. The molecular formula is C28H21NO4S2. The van der Waals surface area contributed by atoms with E-state index in [4.69, 9.17) is 5.11 Å². The molecule has 1 aliphatic carbocycles. The molecule has 174 valence electrons. The molecule has 2 unspecified atom stereocenters. The van der Waals surface area contributed by atoms with E-state index in [0.29, 0.717) is 11.3 Å². The smallest absolute Gasteiger partial charge is 0.328 e. The second-order valence-electron chi connectivity index (χ2n) is 8.88. The van der Waals surface area contributed by atoms with Crippen LogP contribution in [0.15, 0.2) is 83.2 Å². The van der Waals surface area contributed by atoms with Gasteiger partial charge in [-0.1, -0.05) is 48.5 Å². The van der Waals surface area contributed by atoms with Crippen LogP contribution < -0.4 is 0 Å². The molecule has 2 atom stereocenters. The molecule has 0 radical (unpaired) electrons. The van der Waals surface area contributed by atoms with Crippen LogP contribution in [0, 0.1) is 5.92 Å². The zero-order chi connectivity index (χ0) is 24.2. The minimum atomic E-state index is -3.37. The van der Waals surface area contributed by atoms with E-state index in [1.165, 1.54) is 0 Å². The summed E-state index contributed by atoms with van der Waals surface area (Å²) in [6.07, 6.45) is 4.17. The Balaban J connectivity index is 1.63. The van der Waals surface area contributed by atoms with Crippen molar-refractivity contribution in [1.29, 1.82) is 0 Å². The Morgan fingerprint density at radius 2 is 1.77 bits per heavy atom. The Morgan fingerprint density at radius 1 is 1.00 bits per heavy atom. The Kier molecular flexibility index (Phi) is 5.20. The van der Waals surface area contributed by atoms with E-state index in [1.54, 1.807) is 29.5 Å². The lowest BCUT2D eigenvalue weighted by Crippen LogP contribution is -2.43. The number of benzene rings is 3. The maximum atomic E-state index is 13.3. The highest BCUT2D eigenvalue weighted by molar-refractivity contribution is 7.92. The molecule has 0 amide bonds. The van der Waals surface area contributed by atoms with E-state index < -0.39 is 21.1 Å². The molecule has 1 fully saturated rings. The van der Waals surface area contributed by atoms with Gasteiger partial charge in [0.05, 0.1) is 25.9 Å². The highest BCUT2D eigenvalue weighted by Gasteiger charge is 2.49. The molecule has 2 aliphatic rings. The lowest BCUT2D eigenvalue weighted by molar-refractivity contribution is -0.131. The fourth-order valence-corrected chi connectivity index (χ4v) is 8.10. The van der Waals surface area contributed by atoms with Gasteiger partial charge in [-0.25, -0.2) is 18.2 Å². The number of hydrogen-bond acceptors (Lipinski definition) is 5. The Bertz CT molecular complexity index is 1650. The number of nitrogens with zero attached hydrogens (tertiary/aromatic N) is 1. The minimum Gasteiger partial charge on any atom is -0.478 e. The molecule has 4 aromatic rings. The van der Waals surface area contributed by atoms with Gasteiger partial charge in [-0.2, -0.15) is 0 Å². The van der Waals surface area contributed by atoms with Gasteiger partial charge in [-0.05, 0) is 70.5 Å². The number of sulfone groups is 1. The predicted molar refractivity (Wildman–Crippen MR) is 139 cm³/mol. The van der Waals surface area contributed by atoms with Gasteiger partial charge in [0.15, 0.2) is 9.84 Å². The number of fused-ring (bicyclic) bond motifs is 3. The van der Waals surface area contributed by atoms with Gasteiger partial charge in [0.1, 0.15) is 0 Å². The van der Waals surface area contributed by atoms with Crippen molar-refractivity contribution in [3.63, 3.8) is 0 Å². The van der Waals surface area contributed by atoms with Gasteiger partial charge in [0.2, 0.25) is 0 Å². The van der Waals surface area contributed by atoms with E-state index in [-0.39, 0.29) is 5.92 Å². The number of hydrogen-bond donors (Lipinski definition) is 1. The van der Waals surface area contributed by atoms with Crippen molar-refractivity contribution in [3.8, 4) is 0 Å². The molecule has 0 spiro atoms. The zero-order valence-electron chi connectivity index (χ0n) is 18.6. The van der Waals surface area contributed by atoms with Gasteiger partial charge >= 0.3 is 5.97 Å². The van der Waals surface area contributed by atoms with Crippen molar-refractivity contribution in [1.82, 2.24) is 4.98 Å². The highest BCUT2D eigenvalue weighted by atomic mass is 32.2. The standard InChI is InChI=1S/C28H21NO4S2/c30-26(31)14-7-17-5-8-18(9-6-17)27(19-10-12-23-22(15-19)29-16-34-23)28-20-3-1-2-4-24(20)35(32,33)25-13-11-21(25)28/h1-10,12,14-16,21,25H,11,13H2,(H,30,31)/b14-7+,28-27-. The lowest BCUT2D eigenvalue weighted by atomic mass is 9.72. The van der Waals surface area contributed by atoms with Gasteiger partial charge in [-0.15, -0.1) is 11.3 Å². The summed E-state index contributed by atoms with van der Waals surface area (Å²) < 4.78 is 27.8.